The van der Waals surface area contributed by atoms with Crippen molar-refractivity contribution in [2.75, 3.05) is 19.6 Å². The van der Waals surface area contributed by atoms with Crippen LogP contribution < -0.4 is 0 Å². The first-order valence-corrected chi connectivity index (χ1v) is 10.1. The Morgan fingerprint density at radius 2 is 1.93 bits per heavy atom. The van der Waals surface area contributed by atoms with Crippen molar-refractivity contribution < 1.29 is 4.74 Å². The molecule has 0 spiro atoms. The largest absolute Gasteiger partial charge is 0.367 e. The maximum atomic E-state index is 6.50. The SMILES string of the molecule is CC(C)(C)[C@H]1CN(CCCc2cnc3ncnn3c2)C[C@@H](c2ccccc2)O1. The van der Waals surface area contributed by atoms with E-state index in [1.165, 1.54) is 17.5 Å². The van der Waals surface area contributed by atoms with E-state index in [1.54, 1.807) is 4.52 Å². The van der Waals surface area contributed by atoms with Crippen molar-refractivity contribution in [2.45, 2.75) is 45.8 Å². The molecule has 148 valence electrons. The smallest absolute Gasteiger partial charge is 0.252 e. The van der Waals surface area contributed by atoms with Crippen LogP contribution in [0, 0.1) is 5.41 Å². The summed E-state index contributed by atoms with van der Waals surface area (Å²) in [6.07, 6.45) is 7.90. The highest BCUT2D eigenvalue weighted by atomic mass is 16.5. The topological polar surface area (TPSA) is 55.6 Å². The summed E-state index contributed by atoms with van der Waals surface area (Å²) in [7, 11) is 0. The molecule has 0 N–H and O–H groups in total. The van der Waals surface area contributed by atoms with Crippen LogP contribution in [0.5, 0.6) is 0 Å². The van der Waals surface area contributed by atoms with Crippen molar-refractivity contribution in [3.8, 4) is 0 Å². The second kappa shape index (κ2) is 7.97. The van der Waals surface area contributed by atoms with Crippen LogP contribution >= 0.6 is 0 Å². The average Bonchev–Trinajstić information content (AvgIpc) is 3.16. The molecule has 2 atom stereocenters. The number of aromatic nitrogens is 4. The molecular weight excluding hydrogens is 350 g/mol. The molecule has 0 saturated carbocycles. The number of fused-ring (bicyclic) bond motifs is 1. The van der Waals surface area contributed by atoms with Crippen LogP contribution in [-0.4, -0.2) is 50.2 Å². The number of morpholine rings is 1. The maximum Gasteiger partial charge on any atom is 0.252 e. The van der Waals surface area contributed by atoms with Gasteiger partial charge in [-0.05, 0) is 35.9 Å². The van der Waals surface area contributed by atoms with E-state index < -0.39 is 0 Å². The molecule has 2 aromatic heterocycles. The number of ether oxygens (including phenoxy) is 1. The summed E-state index contributed by atoms with van der Waals surface area (Å²) in [6.45, 7) is 9.77. The molecule has 3 aromatic rings. The Morgan fingerprint density at radius 1 is 1.11 bits per heavy atom. The monoisotopic (exact) mass is 379 g/mol. The lowest BCUT2D eigenvalue weighted by Crippen LogP contribution is -2.49. The highest BCUT2D eigenvalue weighted by Gasteiger charge is 2.35. The van der Waals surface area contributed by atoms with Gasteiger partial charge in [0.1, 0.15) is 6.33 Å². The fourth-order valence-corrected chi connectivity index (χ4v) is 3.73. The van der Waals surface area contributed by atoms with E-state index in [0.717, 1.165) is 32.5 Å². The first kappa shape index (κ1) is 19.0. The summed E-state index contributed by atoms with van der Waals surface area (Å²) in [5.74, 6) is 0.649. The van der Waals surface area contributed by atoms with Crippen molar-refractivity contribution in [2.24, 2.45) is 5.41 Å². The van der Waals surface area contributed by atoms with Crippen LogP contribution in [0.1, 0.15) is 44.4 Å². The van der Waals surface area contributed by atoms with Gasteiger partial charge in [0.05, 0.1) is 12.2 Å². The number of benzene rings is 1. The molecule has 1 saturated heterocycles. The van der Waals surface area contributed by atoms with Gasteiger partial charge in [-0.15, -0.1) is 0 Å². The minimum Gasteiger partial charge on any atom is -0.367 e. The molecule has 0 radical (unpaired) electrons. The summed E-state index contributed by atoms with van der Waals surface area (Å²) < 4.78 is 8.24. The third kappa shape index (κ3) is 4.39. The number of hydrogen-bond acceptors (Lipinski definition) is 5. The molecule has 4 rings (SSSR count). The van der Waals surface area contributed by atoms with Gasteiger partial charge in [-0.2, -0.15) is 10.1 Å². The highest BCUT2D eigenvalue weighted by molar-refractivity contribution is 5.25. The van der Waals surface area contributed by atoms with Crippen molar-refractivity contribution >= 4 is 5.78 Å². The van der Waals surface area contributed by atoms with E-state index in [9.17, 15) is 0 Å². The first-order valence-electron chi connectivity index (χ1n) is 10.1. The predicted octanol–water partition coefficient (Wildman–Crippen LogP) is 3.55. The van der Waals surface area contributed by atoms with Crippen LogP contribution in [0.15, 0.2) is 49.1 Å². The minimum absolute atomic E-state index is 0.119. The first-order chi connectivity index (χ1) is 13.5. The second-order valence-corrected chi connectivity index (χ2v) is 8.72. The van der Waals surface area contributed by atoms with E-state index in [4.69, 9.17) is 4.74 Å². The lowest BCUT2D eigenvalue weighted by Gasteiger charge is -2.43. The van der Waals surface area contributed by atoms with Crippen LogP contribution in [-0.2, 0) is 11.2 Å². The molecule has 0 bridgehead atoms. The van der Waals surface area contributed by atoms with Gasteiger partial charge in [0, 0.05) is 25.5 Å². The third-order valence-corrected chi connectivity index (χ3v) is 5.44. The standard InChI is InChI=1S/C22H29N5O/c1-22(2,3)20-15-26(14-19(28-20)18-9-5-4-6-10-18)11-7-8-17-12-23-21-24-16-25-27(21)13-17/h4-6,9-10,12-13,16,19-20H,7-8,11,14-15H2,1-3H3/t19-,20+/m0/s1. The fraction of sp³-hybridized carbons (Fsp3) is 0.500. The zero-order valence-corrected chi connectivity index (χ0v) is 17.0. The second-order valence-electron chi connectivity index (χ2n) is 8.72. The summed E-state index contributed by atoms with van der Waals surface area (Å²) >= 11 is 0. The van der Waals surface area contributed by atoms with Gasteiger partial charge in [-0.1, -0.05) is 51.1 Å². The summed E-state index contributed by atoms with van der Waals surface area (Å²) in [6, 6.07) is 10.6. The molecule has 1 aromatic carbocycles. The van der Waals surface area contributed by atoms with E-state index >= 15 is 0 Å². The molecule has 6 nitrogen and oxygen atoms in total. The van der Waals surface area contributed by atoms with Crippen LogP contribution in [0.2, 0.25) is 0 Å². The Bertz CT molecular complexity index is 902. The van der Waals surface area contributed by atoms with Crippen molar-refractivity contribution in [1.82, 2.24) is 24.5 Å². The van der Waals surface area contributed by atoms with Crippen LogP contribution in [0.25, 0.3) is 5.78 Å². The lowest BCUT2D eigenvalue weighted by atomic mass is 9.87. The van der Waals surface area contributed by atoms with E-state index in [0.29, 0.717) is 5.78 Å². The molecule has 6 heteroatoms. The zero-order valence-electron chi connectivity index (χ0n) is 17.0. The van der Waals surface area contributed by atoms with Gasteiger partial charge in [-0.25, -0.2) is 9.50 Å². The van der Waals surface area contributed by atoms with Crippen LogP contribution in [0.4, 0.5) is 0 Å². The predicted molar refractivity (Wildman–Crippen MR) is 109 cm³/mol. The number of rotatable bonds is 5. The van der Waals surface area contributed by atoms with Crippen LogP contribution in [0.3, 0.4) is 0 Å². The lowest BCUT2D eigenvalue weighted by molar-refractivity contribution is -0.129. The summed E-state index contributed by atoms with van der Waals surface area (Å²) in [4.78, 5) is 11.0. The molecule has 1 aliphatic heterocycles. The van der Waals surface area contributed by atoms with Crippen molar-refractivity contribution in [1.29, 1.82) is 0 Å². The molecule has 0 aliphatic carbocycles. The van der Waals surface area contributed by atoms with E-state index in [-0.39, 0.29) is 17.6 Å². The number of hydrogen-bond donors (Lipinski definition) is 0. The maximum absolute atomic E-state index is 6.50. The number of nitrogens with zero attached hydrogens (tertiary/aromatic N) is 5. The molecule has 28 heavy (non-hydrogen) atoms. The van der Waals surface area contributed by atoms with E-state index in [1.807, 2.05) is 12.4 Å². The summed E-state index contributed by atoms with van der Waals surface area (Å²) in [5, 5.41) is 4.17. The zero-order chi connectivity index (χ0) is 19.6. The summed E-state index contributed by atoms with van der Waals surface area (Å²) in [5.41, 5.74) is 2.58. The van der Waals surface area contributed by atoms with Gasteiger partial charge in [0.2, 0.25) is 0 Å². The van der Waals surface area contributed by atoms with Crippen molar-refractivity contribution in [3.63, 3.8) is 0 Å². The normalized spacial score (nSPS) is 21.2. The Kier molecular flexibility index (Phi) is 5.42. The molecule has 1 fully saturated rings. The van der Waals surface area contributed by atoms with Crippen molar-refractivity contribution in [3.05, 3.63) is 60.2 Å². The van der Waals surface area contributed by atoms with Gasteiger partial charge in [0.15, 0.2) is 0 Å². The van der Waals surface area contributed by atoms with Gasteiger partial charge in [0.25, 0.3) is 5.78 Å². The highest BCUT2D eigenvalue weighted by Crippen LogP contribution is 2.33. The Morgan fingerprint density at radius 3 is 2.71 bits per heavy atom. The third-order valence-electron chi connectivity index (χ3n) is 5.44. The van der Waals surface area contributed by atoms with Gasteiger partial charge < -0.3 is 4.74 Å². The van der Waals surface area contributed by atoms with E-state index in [2.05, 4.69) is 71.1 Å². The fourth-order valence-electron chi connectivity index (χ4n) is 3.73. The Labute approximate surface area is 166 Å². The molecule has 3 heterocycles. The minimum atomic E-state index is 0.119. The van der Waals surface area contributed by atoms with Gasteiger partial charge in [-0.3, -0.25) is 4.90 Å². The molecule has 0 unspecified atom stereocenters. The number of aryl methyl sites for hydroxylation is 1. The molecule has 0 amide bonds. The molecular formula is C22H29N5O. The van der Waals surface area contributed by atoms with Gasteiger partial charge >= 0.3 is 0 Å². The Balaban J connectivity index is 1.40. The molecule has 1 aliphatic rings. The Hall–Kier alpha value is -2.31. The average molecular weight is 380 g/mol. The quantitative estimate of drug-likeness (QED) is 0.679.